The second kappa shape index (κ2) is 5.66. The second-order valence-electron chi connectivity index (χ2n) is 4.82. The number of hydrogen-bond donors (Lipinski definition) is 0. The lowest BCUT2D eigenvalue weighted by atomic mass is 10.1. The van der Waals surface area contributed by atoms with Crippen LogP contribution in [-0.4, -0.2) is 26.3 Å². The fraction of sp³-hybridized carbons (Fsp3) is 0.385. The van der Waals surface area contributed by atoms with Gasteiger partial charge in [0.2, 0.25) is 0 Å². The summed E-state index contributed by atoms with van der Waals surface area (Å²) < 4.78 is 30.0. The number of ether oxygens (including phenoxy) is 1. The zero-order valence-corrected chi connectivity index (χ0v) is 12.4. The van der Waals surface area contributed by atoms with Crippen LogP contribution in [0.3, 0.4) is 0 Å². The Hall–Kier alpha value is -2.58. The normalized spacial score (nSPS) is 11.0. The van der Waals surface area contributed by atoms with E-state index < -0.39 is 23.1 Å². The lowest BCUT2D eigenvalue weighted by Crippen LogP contribution is -2.07. The van der Waals surface area contributed by atoms with Gasteiger partial charge in [0, 0.05) is 12.7 Å². The summed E-state index contributed by atoms with van der Waals surface area (Å²) in [4.78, 5) is 14.8. The summed E-state index contributed by atoms with van der Waals surface area (Å²) >= 11 is 0. The Morgan fingerprint density at radius 3 is 2.45 bits per heavy atom. The molecule has 118 valence electrons. The predicted molar refractivity (Wildman–Crippen MR) is 73.9 cm³/mol. The van der Waals surface area contributed by atoms with Gasteiger partial charge >= 0.3 is 12.3 Å². The third kappa shape index (κ3) is 2.74. The van der Waals surface area contributed by atoms with E-state index >= 15 is 0 Å². The first-order valence-corrected chi connectivity index (χ1v) is 6.33. The molecule has 2 heterocycles. The zero-order valence-electron chi connectivity index (χ0n) is 12.4. The van der Waals surface area contributed by atoms with Crippen LogP contribution in [0.5, 0.6) is 5.88 Å². The van der Waals surface area contributed by atoms with Gasteiger partial charge in [0.15, 0.2) is 5.69 Å². The monoisotopic (exact) mass is 312 g/mol. The average Bonchev–Trinajstić information content (AvgIpc) is 2.70. The molecule has 7 nitrogen and oxygen atoms in total. The van der Waals surface area contributed by atoms with Crippen molar-refractivity contribution in [3.8, 4) is 17.3 Å². The zero-order chi connectivity index (χ0) is 16.6. The lowest BCUT2D eigenvalue weighted by Gasteiger charge is -2.06. The molecule has 22 heavy (non-hydrogen) atoms. The molecule has 0 fully saturated rings. The van der Waals surface area contributed by atoms with Gasteiger partial charge in [0.1, 0.15) is 5.69 Å². The molecular formula is C13H14F2N4O3. The molecule has 0 saturated heterocycles. The maximum Gasteiger partial charge on any atom is 0.388 e. The number of pyridine rings is 1. The van der Waals surface area contributed by atoms with E-state index in [9.17, 15) is 18.9 Å². The van der Waals surface area contributed by atoms with Crippen molar-refractivity contribution in [3.63, 3.8) is 0 Å². The molecule has 0 N–H and O–H groups in total. The first-order valence-electron chi connectivity index (χ1n) is 6.33. The fourth-order valence-electron chi connectivity index (χ4n) is 2.12. The highest BCUT2D eigenvalue weighted by Gasteiger charge is 2.32. The summed E-state index contributed by atoms with van der Waals surface area (Å²) in [6, 6.07) is 1.81. The van der Waals surface area contributed by atoms with E-state index in [1.807, 2.05) is 13.0 Å². The van der Waals surface area contributed by atoms with E-state index in [1.165, 1.54) is 7.05 Å². The van der Waals surface area contributed by atoms with E-state index in [0.29, 0.717) is 11.3 Å². The molecule has 0 radical (unpaired) electrons. The van der Waals surface area contributed by atoms with Gasteiger partial charge < -0.3 is 4.74 Å². The fourth-order valence-corrected chi connectivity index (χ4v) is 2.12. The molecule has 0 aromatic carbocycles. The second-order valence-corrected chi connectivity index (χ2v) is 4.82. The number of alkyl halides is 2. The van der Waals surface area contributed by atoms with Crippen molar-refractivity contribution in [2.45, 2.75) is 27.4 Å². The van der Waals surface area contributed by atoms with E-state index in [4.69, 9.17) is 0 Å². The Kier molecular flexibility index (Phi) is 4.07. The van der Waals surface area contributed by atoms with Gasteiger partial charge in [-0.1, -0.05) is 6.07 Å². The minimum atomic E-state index is -3.18. The van der Waals surface area contributed by atoms with Crippen molar-refractivity contribution in [3.05, 3.63) is 33.0 Å². The van der Waals surface area contributed by atoms with Gasteiger partial charge in [-0.2, -0.15) is 13.9 Å². The van der Waals surface area contributed by atoms with Crippen LogP contribution < -0.4 is 4.74 Å². The van der Waals surface area contributed by atoms with E-state index in [1.54, 1.807) is 13.8 Å². The average molecular weight is 312 g/mol. The van der Waals surface area contributed by atoms with Gasteiger partial charge in [-0.05, 0) is 31.9 Å². The van der Waals surface area contributed by atoms with Crippen LogP contribution >= 0.6 is 0 Å². The highest BCUT2D eigenvalue weighted by atomic mass is 19.3. The SMILES string of the molecule is Cc1cc(C)c(-c2nn(C)c(OC(F)F)c2[N+](=O)[O-])nc1C. The van der Waals surface area contributed by atoms with Crippen LogP contribution in [0, 0.1) is 30.9 Å². The molecule has 0 unspecified atom stereocenters. The van der Waals surface area contributed by atoms with Crippen molar-refractivity contribution in [1.82, 2.24) is 14.8 Å². The number of nitrogens with zero attached hydrogens (tertiary/aromatic N) is 4. The summed E-state index contributed by atoms with van der Waals surface area (Å²) in [7, 11) is 1.30. The highest BCUT2D eigenvalue weighted by Crippen LogP contribution is 2.38. The molecule has 2 aromatic rings. The lowest BCUT2D eigenvalue weighted by molar-refractivity contribution is -0.385. The van der Waals surface area contributed by atoms with Gasteiger partial charge in [-0.15, -0.1) is 0 Å². The summed E-state index contributed by atoms with van der Waals surface area (Å²) in [5, 5.41) is 15.2. The molecule has 0 saturated carbocycles. The van der Waals surface area contributed by atoms with Gasteiger partial charge in [0.05, 0.1) is 4.92 Å². The topological polar surface area (TPSA) is 83.1 Å². The van der Waals surface area contributed by atoms with Crippen LogP contribution in [0.1, 0.15) is 16.8 Å². The van der Waals surface area contributed by atoms with Crippen molar-refractivity contribution >= 4 is 5.69 Å². The summed E-state index contributed by atoms with van der Waals surface area (Å²) in [6.45, 7) is 2.15. The maximum absolute atomic E-state index is 12.5. The van der Waals surface area contributed by atoms with Crippen LogP contribution in [0.15, 0.2) is 6.07 Å². The Morgan fingerprint density at radius 2 is 1.91 bits per heavy atom. The number of nitro groups is 1. The molecule has 0 amide bonds. The van der Waals surface area contributed by atoms with E-state index in [2.05, 4.69) is 14.8 Å². The van der Waals surface area contributed by atoms with Gasteiger partial charge in [-0.25, -0.2) is 4.68 Å². The molecule has 0 atom stereocenters. The predicted octanol–water partition coefficient (Wildman–Crippen LogP) is 2.92. The highest BCUT2D eigenvalue weighted by molar-refractivity contribution is 5.73. The molecule has 0 bridgehead atoms. The maximum atomic E-state index is 12.5. The van der Waals surface area contributed by atoms with E-state index in [-0.39, 0.29) is 11.4 Å². The molecule has 2 rings (SSSR count). The Labute approximate surface area is 124 Å². The van der Waals surface area contributed by atoms with Crippen LogP contribution in [-0.2, 0) is 7.05 Å². The standard InChI is InChI=1S/C13H14F2N4O3/c1-6-5-7(2)9(16-8(6)3)10-11(19(20)21)12(18(4)17-10)22-13(14)15/h5,13H,1-4H3. The van der Waals surface area contributed by atoms with Crippen molar-refractivity contribution < 1.29 is 18.4 Å². The first-order chi connectivity index (χ1) is 10.2. The smallest absolute Gasteiger partial charge is 0.388 e. The number of halogens is 2. The van der Waals surface area contributed by atoms with Crippen LogP contribution in [0.4, 0.5) is 14.5 Å². The number of aromatic nitrogens is 3. The summed E-state index contributed by atoms with van der Waals surface area (Å²) in [5.41, 5.74) is 1.81. The minimum absolute atomic E-state index is 0.0937. The van der Waals surface area contributed by atoms with E-state index in [0.717, 1.165) is 10.2 Å². The number of rotatable bonds is 4. The first kappa shape index (κ1) is 15.8. The van der Waals surface area contributed by atoms with Crippen LogP contribution in [0.25, 0.3) is 11.4 Å². The number of aryl methyl sites for hydroxylation is 4. The molecule has 2 aromatic heterocycles. The molecular weight excluding hydrogens is 298 g/mol. The number of hydrogen-bond acceptors (Lipinski definition) is 5. The molecule has 0 aliphatic heterocycles. The third-order valence-corrected chi connectivity index (χ3v) is 3.24. The Bertz CT molecular complexity index is 743. The summed E-state index contributed by atoms with van der Waals surface area (Å²) in [6.07, 6.45) is 0. The van der Waals surface area contributed by atoms with Gasteiger partial charge in [0.25, 0.3) is 5.88 Å². The Balaban J connectivity index is 2.71. The molecule has 0 spiro atoms. The van der Waals surface area contributed by atoms with Gasteiger partial charge in [-0.3, -0.25) is 15.1 Å². The molecule has 0 aliphatic carbocycles. The van der Waals surface area contributed by atoms with Crippen molar-refractivity contribution in [2.75, 3.05) is 0 Å². The Morgan fingerprint density at radius 1 is 1.27 bits per heavy atom. The third-order valence-electron chi connectivity index (χ3n) is 3.24. The molecule has 0 aliphatic rings. The summed E-state index contributed by atoms with van der Waals surface area (Å²) in [5.74, 6) is -0.602. The molecule has 9 heteroatoms. The van der Waals surface area contributed by atoms with Crippen molar-refractivity contribution in [1.29, 1.82) is 0 Å². The largest absolute Gasteiger partial charge is 0.411 e. The minimum Gasteiger partial charge on any atom is -0.411 e. The van der Waals surface area contributed by atoms with Crippen molar-refractivity contribution in [2.24, 2.45) is 7.05 Å². The van der Waals surface area contributed by atoms with Crippen LogP contribution in [0.2, 0.25) is 0 Å². The quantitative estimate of drug-likeness (QED) is 0.640.